The number of sulfonamides is 1. The summed E-state index contributed by atoms with van der Waals surface area (Å²) in [4.78, 5) is 12.6. The number of rotatable bonds is 10. The Labute approximate surface area is 180 Å². The molecule has 0 aliphatic carbocycles. The van der Waals surface area contributed by atoms with E-state index in [0.717, 1.165) is 12.3 Å². The van der Waals surface area contributed by atoms with Gasteiger partial charge in [-0.1, -0.05) is 6.07 Å². The molecule has 0 fully saturated rings. The number of ether oxygens (including phenoxy) is 1. The van der Waals surface area contributed by atoms with Crippen LogP contribution < -0.4 is 9.62 Å². The van der Waals surface area contributed by atoms with Crippen molar-refractivity contribution in [1.29, 1.82) is 0 Å². The summed E-state index contributed by atoms with van der Waals surface area (Å²) in [6, 6.07) is 3.79. The van der Waals surface area contributed by atoms with E-state index in [0.29, 0.717) is 22.2 Å². The van der Waals surface area contributed by atoms with Crippen LogP contribution in [0.3, 0.4) is 0 Å². The summed E-state index contributed by atoms with van der Waals surface area (Å²) in [5.41, 5.74) is -0.970. The van der Waals surface area contributed by atoms with Gasteiger partial charge in [-0.05, 0) is 56.2 Å². The van der Waals surface area contributed by atoms with Gasteiger partial charge in [-0.25, -0.2) is 21.8 Å². The second-order valence-electron chi connectivity index (χ2n) is 7.54. The fourth-order valence-electron chi connectivity index (χ4n) is 2.38. The maximum absolute atomic E-state index is 14.6. The minimum Gasteiger partial charge on any atom is -0.443 e. The van der Waals surface area contributed by atoms with Crippen molar-refractivity contribution in [3.05, 3.63) is 29.6 Å². The molecular weight excluding hydrogens is 435 g/mol. The maximum atomic E-state index is 14.6. The van der Waals surface area contributed by atoms with Crippen LogP contribution in [-0.2, 0) is 29.7 Å². The number of hydrogen-bond donors (Lipinski definition) is 2. The average Bonchev–Trinajstić information content (AvgIpc) is 2.60. The van der Waals surface area contributed by atoms with Gasteiger partial charge in [-0.3, -0.25) is 0 Å². The van der Waals surface area contributed by atoms with E-state index in [1.165, 1.54) is 12.1 Å². The fourth-order valence-corrected chi connectivity index (χ4v) is 3.89. The van der Waals surface area contributed by atoms with Crippen LogP contribution in [0.1, 0.15) is 39.4 Å². The summed E-state index contributed by atoms with van der Waals surface area (Å²) in [5, 5.41) is 12.0. The van der Waals surface area contributed by atoms with Gasteiger partial charge in [0.15, 0.2) is 0 Å². The molecule has 1 aromatic rings. The Kier molecular flexibility index (Phi) is 9.89. The number of halogens is 1. The molecule has 0 saturated carbocycles. The van der Waals surface area contributed by atoms with Crippen molar-refractivity contribution in [3.63, 3.8) is 0 Å². The Balaban J connectivity index is 3.42. The molecule has 8 nitrogen and oxygen atoms in total. The second kappa shape index (κ2) is 11.2. The predicted molar refractivity (Wildman–Crippen MR) is 120 cm³/mol. The van der Waals surface area contributed by atoms with E-state index in [4.69, 9.17) is 14.0 Å². The largest absolute Gasteiger partial charge is 0.443 e. The lowest BCUT2D eigenvalue weighted by Crippen LogP contribution is -2.41. The van der Waals surface area contributed by atoms with Crippen LogP contribution in [0.25, 0.3) is 0 Å². The molecule has 0 radical (unpaired) electrons. The van der Waals surface area contributed by atoms with Crippen molar-refractivity contribution in [1.82, 2.24) is 5.32 Å². The highest BCUT2D eigenvalue weighted by Gasteiger charge is 2.33. The van der Waals surface area contributed by atoms with Crippen LogP contribution in [0.15, 0.2) is 18.2 Å². The van der Waals surface area contributed by atoms with Gasteiger partial charge in [0, 0.05) is 13.1 Å². The number of hydrogen-bond acceptors (Lipinski definition) is 7. The zero-order valence-electron chi connectivity index (χ0n) is 18.0. The van der Waals surface area contributed by atoms with Crippen molar-refractivity contribution in [3.8, 4) is 0 Å². The molecule has 30 heavy (non-hydrogen) atoms. The van der Waals surface area contributed by atoms with Crippen molar-refractivity contribution in [2.24, 2.45) is 0 Å². The zero-order valence-corrected chi connectivity index (χ0v) is 19.7. The smallest absolute Gasteiger partial charge is 0.428 e. The third-order valence-electron chi connectivity index (χ3n) is 3.70. The third kappa shape index (κ3) is 8.31. The summed E-state index contributed by atoms with van der Waals surface area (Å²) in [5.74, 6) is 3.73. The molecule has 0 aromatic heterocycles. The number of benzene rings is 1. The summed E-state index contributed by atoms with van der Waals surface area (Å²) in [6.07, 6.45) is -0.990. The molecule has 0 saturated heterocycles. The van der Waals surface area contributed by atoms with Crippen LogP contribution in [-0.4, -0.2) is 62.8 Å². The lowest BCUT2D eigenvalue weighted by atomic mass is 10.1. The van der Waals surface area contributed by atoms with Crippen LogP contribution >= 0.6 is 0 Å². The minimum absolute atomic E-state index is 0.0746. The van der Waals surface area contributed by atoms with E-state index in [-0.39, 0.29) is 13.2 Å². The van der Waals surface area contributed by atoms with Crippen molar-refractivity contribution >= 4 is 38.4 Å². The number of amides is 1. The molecule has 0 bridgehead atoms. The molecular formula is C19H32FN2O6S2+. The predicted octanol–water partition coefficient (Wildman–Crippen LogP) is 1.88. The topological polar surface area (TPSA) is 105 Å². The highest BCUT2D eigenvalue weighted by molar-refractivity contribution is 7.92. The van der Waals surface area contributed by atoms with E-state index in [9.17, 15) is 17.6 Å². The highest BCUT2D eigenvalue weighted by atomic mass is 32.2. The third-order valence-corrected chi connectivity index (χ3v) is 5.97. The molecule has 1 rings (SSSR count). The lowest BCUT2D eigenvalue weighted by molar-refractivity contribution is 0.0608. The summed E-state index contributed by atoms with van der Waals surface area (Å²) < 4.78 is 50.7. The van der Waals surface area contributed by atoms with E-state index in [1.54, 1.807) is 20.8 Å². The van der Waals surface area contributed by atoms with E-state index >= 15 is 0 Å². The van der Waals surface area contributed by atoms with Crippen molar-refractivity contribution in [2.45, 2.75) is 39.4 Å². The van der Waals surface area contributed by atoms with E-state index < -0.39 is 50.1 Å². The maximum Gasteiger partial charge on any atom is 0.428 e. The molecule has 0 heterocycles. The number of carbonyl (C=O) groups is 1. The number of thiol groups is 1. The van der Waals surface area contributed by atoms with Crippen LogP contribution in [0.5, 0.6) is 0 Å². The number of aliphatic hydroxyl groups is 1. The number of aliphatic hydroxyl groups excluding tert-OH is 1. The van der Waals surface area contributed by atoms with Gasteiger partial charge < -0.3 is 15.2 Å². The number of nitrogens with one attached hydrogen (secondary N) is 1. The van der Waals surface area contributed by atoms with Crippen LogP contribution in [0.4, 0.5) is 14.9 Å². The number of anilines is 1. The van der Waals surface area contributed by atoms with Gasteiger partial charge in [0.25, 0.3) is 0 Å². The summed E-state index contributed by atoms with van der Waals surface area (Å²) in [6.45, 7) is 7.19. The van der Waals surface area contributed by atoms with Crippen molar-refractivity contribution < 1.29 is 31.6 Å². The van der Waals surface area contributed by atoms with Gasteiger partial charge in [-0.15, -0.1) is 0 Å². The quantitative estimate of drug-likeness (QED) is 0.234. The molecule has 11 heteroatoms. The average molecular weight is 468 g/mol. The van der Waals surface area contributed by atoms with E-state index in [1.807, 2.05) is 6.92 Å². The Hall–Kier alpha value is -1.53. The SMILES string of the molecule is C=[SH+](CC)OC(CNCCO)c1ccc(F)c(N(C(=O)OC(C)(C)C)S(C)(=O)=O)c1. The molecule has 1 amide bonds. The van der Waals surface area contributed by atoms with Crippen LogP contribution in [0, 0.1) is 5.82 Å². The fraction of sp³-hybridized carbons (Fsp3) is 0.579. The number of carbonyl (C=O) groups excluding carboxylic acids is 1. The Bertz CT molecular complexity index is 855. The summed E-state index contributed by atoms with van der Waals surface area (Å²) in [7, 11) is -5.20. The first-order chi connectivity index (χ1) is 13.8. The normalized spacial score (nSPS) is 14.2. The standard InChI is InChI=1S/C19H31FN2O6S2/c1-7-29(5)28-17(13-21-10-11-23)14-8-9-15(20)16(12-14)22(30(6,25)26)18(24)27-19(2,3)4/h8-9,12,17,21,23H,5,7,10-11,13H2,1-4,6H3/p+1. The molecule has 0 aliphatic heterocycles. The first-order valence-corrected chi connectivity index (χ1v) is 12.9. The molecule has 2 N–H and O–H groups in total. The van der Waals surface area contributed by atoms with Gasteiger partial charge in [-0.2, -0.15) is 4.31 Å². The molecule has 0 aliphatic rings. The number of nitrogens with zero attached hydrogens (tertiary/aromatic N) is 1. The molecule has 0 spiro atoms. The molecule has 2 unspecified atom stereocenters. The lowest BCUT2D eigenvalue weighted by Gasteiger charge is -2.26. The van der Waals surface area contributed by atoms with Gasteiger partial charge in [0.1, 0.15) is 17.5 Å². The molecule has 172 valence electrons. The monoisotopic (exact) mass is 467 g/mol. The first-order valence-electron chi connectivity index (χ1n) is 9.39. The minimum atomic E-state index is -4.18. The van der Waals surface area contributed by atoms with Crippen molar-refractivity contribution in [2.75, 3.05) is 36.0 Å². The van der Waals surface area contributed by atoms with Gasteiger partial charge in [0.2, 0.25) is 10.0 Å². The molecule has 2 atom stereocenters. The summed E-state index contributed by atoms with van der Waals surface area (Å²) >= 11 is 0. The van der Waals surface area contributed by atoms with Gasteiger partial charge in [0.05, 0.1) is 30.2 Å². The highest BCUT2D eigenvalue weighted by Crippen LogP contribution is 2.29. The second-order valence-corrected chi connectivity index (χ2v) is 11.2. The Morgan fingerprint density at radius 3 is 2.53 bits per heavy atom. The Morgan fingerprint density at radius 2 is 2.03 bits per heavy atom. The van der Waals surface area contributed by atoms with Gasteiger partial charge >= 0.3 is 6.09 Å². The Morgan fingerprint density at radius 1 is 1.40 bits per heavy atom. The van der Waals surface area contributed by atoms with Crippen LogP contribution in [0.2, 0.25) is 0 Å². The molecule has 1 aromatic carbocycles. The van der Waals surface area contributed by atoms with E-state index in [2.05, 4.69) is 11.2 Å². The first kappa shape index (κ1) is 26.5. The zero-order chi connectivity index (χ0) is 23.1.